The molecule has 0 aromatic rings. The first-order chi connectivity index (χ1) is 8.97. The van der Waals surface area contributed by atoms with Crippen LogP contribution in [-0.2, 0) is 19.1 Å². The summed E-state index contributed by atoms with van der Waals surface area (Å²) in [6.45, 7) is 8.19. The van der Waals surface area contributed by atoms with E-state index >= 15 is 0 Å². The van der Waals surface area contributed by atoms with Crippen LogP contribution in [0.15, 0.2) is 11.1 Å². The Bertz CT molecular complexity index is 346. The lowest BCUT2D eigenvalue weighted by Gasteiger charge is -2.27. The summed E-state index contributed by atoms with van der Waals surface area (Å²) in [7, 11) is 0. The van der Waals surface area contributed by atoms with Crippen molar-refractivity contribution in [1.82, 2.24) is 0 Å². The van der Waals surface area contributed by atoms with E-state index in [0.717, 1.165) is 12.8 Å². The van der Waals surface area contributed by atoms with E-state index in [4.69, 9.17) is 9.47 Å². The van der Waals surface area contributed by atoms with E-state index in [1.807, 2.05) is 0 Å². The zero-order valence-corrected chi connectivity index (χ0v) is 12.4. The van der Waals surface area contributed by atoms with Crippen LogP contribution in [0.3, 0.4) is 0 Å². The summed E-state index contributed by atoms with van der Waals surface area (Å²) >= 11 is 0. The molecule has 0 aromatic heterocycles. The maximum absolute atomic E-state index is 12.3. The van der Waals surface area contributed by atoms with Crippen molar-refractivity contribution >= 4 is 11.9 Å². The third kappa shape index (κ3) is 3.37. The molecule has 0 atom stereocenters. The summed E-state index contributed by atoms with van der Waals surface area (Å²) in [6, 6.07) is 0. The van der Waals surface area contributed by atoms with Gasteiger partial charge in [-0.15, -0.1) is 0 Å². The summed E-state index contributed by atoms with van der Waals surface area (Å²) in [6.07, 6.45) is 2.44. The lowest BCUT2D eigenvalue weighted by atomic mass is 9.79. The number of esters is 2. The van der Waals surface area contributed by atoms with Crippen LogP contribution >= 0.6 is 0 Å². The Balaban J connectivity index is 3.01. The molecule has 0 amide bonds. The highest BCUT2D eigenvalue weighted by Gasteiger charge is 2.48. The second-order valence-electron chi connectivity index (χ2n) is 5.08. The SMILES string of the molecule is CCOC(=O)C1(C(=O)OCC)CCC(C)=C(C)CC1. The lowest BCUT2D eigenvalue weighted by Crippen LogP contribution is -2.42. The smallest absolute Gasteiger partial charge is 0.323 e. The van der Waals surface area contributed by atoms with Crippen LogP contribution < -0.4 is 0 Å². The maximum atomic E-state index is 12.3. The quantitative estimate of drug-likeness (QED) is 0.447. The molecule has 0 bridgehead atoms. The minimum absolute atomic E-state index is 0.283. The second-order valence-corrected chi connectivity index (χ2v) is 5.08. The molecule has 0 unspecified atom stereocenters. The van der Waals surface area contributed by atoms with Crippen molar-refractivity contribution in [3.05, 3.63) is 11.1 Å². The number of carbonyl (C=O) groups is 2. The fourth-order valence-electron chi connectivity index (χ4n) is 2.38. The van der Waals surface area contributed by atoms with E-state index in [1.165, 1.54) is 11.1 Å². The van der Waals surface area contributed by atoms with Crippen LogP contribution in [0.4, 0.5) is 0 Å². The van der Waals surface area contributed by atoms with Gasteiger partial charge in [0.05, 0.1) is 13.2 Å². The largest absolute Gasteiger partial charge is 0.465 e. The molecule has 108 valence electrons. The van der Waals surface area contributed by atoms with Crippen molar-refractivity contribution in [2.75, 3.05) is 13.2 Å². The summed E-state index contributed by atoms with van der Waals surface area (Å²) in [5, 5.41) is 0. The molecule has 0 spiro atoms. The van der Waals surface area contributed by atoms with E-state index in [0.29, 0.717) is 12.8 Å². The molecule has 0 N–H and O–H groups in total. The Kier molecular flexibility index (Phi) is 5.58. The third-order valence-electron chi connectivity index (χ3n) is 3.91. The highest BCUT2D eigenvalue weighted by molar-refractivity contribution is 6.00. The average Bonchev–Trinajstić information content (AvgIpc) is 2.52. The van der Waals surface area contributed by atoms with Gasteiger partial charge in [-0.3, -0.25) is 9.59 Å². The molecule has 0 heterocycles. The molecular formula is C15H24O4. The van der Waals surface area contributed by atoms with Crippen LogP contribution in [0.2, 0.25) is 0 Å². The minimum Gasteiger partial charge on any atom is -0.465 e. The van der Waals surface area contributed by atoms with E-state index in [2.05, 4.69) is 13.8 Å². The number of hydrogen-bond acceptors (Lipinski definition) is 4. The lowest BCUT2D eigenvalue weighted by molar-refractivity contribution is -0.173. The minimum atomic E-state index is -1.12. The zero-order chi connectivity index (χ0) is 14.5. The highest BCUT2D eigenvalue weighted by atomic mass is 16.6. The number of hydrogen-bond donors (Lipinski definition) is 0. The van der Waals surface area contributed by atoms with E-state index in [9.17, 15) is 9.59 Å². The molecule has 4 nitrogen and oxygen atoms in total. The van der Waals surface area contributed by atoms with Crippen LogP contribution in [0.1, 0.15) is 53.4 Å². The van der Waals surface area contributed by atoms with Crippen molar-refractivity contribution < 1.29 is 19.1 Å². The number of ether oxygens (including phenoxy) is 2. The molecule has 19 heavy (non-hydrogen) atoms. The van der Waals surface area contributed by atoms with Crippen LogP contribution in [0.25, 0.3) is 0 Å². The zero-order valence-electron chi connectivity index (χ0n) is 12.4. The van der Waals surface area contributed by atoms with Gasteiger partial charge in [0.15, 0.2) is 5.41 Å². The van der Waals surface area contributed by atoms with Crippen LogP contribution in [0, 0.1) is 5.41 Å². The standard InChI is InChI=1S/C15H24O4/c1-5-18-13(16)15(14(17)19-6-2)9-7-11(3)12(4)8-10-15/h5-10H2,1-4H3. The van der Waals surface area contributed by atoms with Crippen molar-refractivity contribution in [1.29, 1.82) is 0 Å². The third-order valence-corrected chi connectivity index (χ3v) is 3.91. The number of carbonyl (C=O) groups excluding carboxylic acids is 2. The molecule has 0 aliphatic heterocycles. The fraction of sp³-hybridized carbons (Fsp3) is 0.733. The Morgan fingerprint density at radius 3 is 1.63 bits per heavy atom. The first-order valence-corrected chi connectivity index (χ1v) is 6.97. The summed E-state index contributed by atoms with van der Waals surface area (Å²) in [4.78, 5) is 24.5. The maximum Gasteiger partial charge on any atom is 0.323 e. The summed E-state index contributed by atoms with van der Waals surface area (Å²) < 4.78 is 10.2. The predicted molar refractivity (Wildman–Crippen MR) is 72.5 cm³/mol. The van der Waals surface area contributed by atoms with E-state index in [-0.39, 0.29) is 13.2 Å². The van der Waals surface area contributed by atoms with Crippen molar-refractivity contribution in [2.45, 2.75) is 53.4 Å². The van der Waals surface area contributed by atoms with Crippen LogP contribution in [-0.4, -0.2) is 25.2 Å². The van der Waals surface area contributed by atoms with E-state index in [1.54, 1.807) is 13.8 Å². The predicted octanol–water partition coefficient (Wildman–Crippen LogP) is 3.01. The highest BCUT2D eigenvalue weighted by Crippen LogP contribution is 2.39. The first kappa shape index (κ1) is 15.7. The fourth-order valence-corrected chi connectivity index (χ4v) is 2.38. The monoisotopic (exact) mass is 268 g/mol. The van der Waals surface area contributed by atoms with Gasteiger partial charge in [0, 0.05) is 0 Å². The molecule has 4 heteroatoms. The van der Waals surface area contributed by atoms with Gasteiger partial charge in [-0.25, -0.2) is 0 Å². The van der Waals surface area contributed by atoms with Crippen molar-refractivity contribution in [2.24, 2.45) is 5.41 Å². The molecule has 0 saturated heterocycles. The number of allylic oxidation sites excluding steroid dienone is 2. The molecule has 1 rings (SSSR count). The van der Waals surface area contributed by atoms with Crippen molar-refractivity contribution in [3.63, 3.8) is 0 Å². The van der Waals surface area contributed by atoms with Gasteiger partial charge in [0.25, 0.3) is 0 Å². The van der Waals surface area contributed by atoms with Gasteiger partial charge in [-0.1, -0.05) is 11.1 Å². The molecule has 0 saturated carbocycles. The second kappa shape index (κ2) is 6.73. The van der Waals surface area contributed by atoms with Gasteiger partial charge in [0.2, 0.25) is 0 Å². The van der Waals surface area contributed by atoms with E-state index < -0.39 is 17.4 Å². The molecule has 0 fully saturated rings. The first-order valence-electron chi connectivity index (χ1n) is 6.97. The summed E-state index contributed by atoms with van der Waals surface area (Å²) in [5.74, 6) is -0.869. The topological polar surface area (TPSA) is 52.6 Å². The Hall–Kier alpha value is -1.32. The normalized spacial score (nSPS) is 18.7. The van der Waals surface area contributed by atoms with Gasteiger partial charge >= 0.3 is 11.9 Å². The van der Waals surface area contributed by atoms with Gasteiger partial charge in [-0.05, 0) is 53.4 Å². The average molecular weight is 268 g/mol. The molecule has 1 aliphatic rings. The van der Waals surface area contributed by atoms with Crippen molar-refractivity contribution in [3.8, 4) is 0 Å². The summed E-state index contributed by atoms with van der Waals surface area (Å²) in [5.41, 5.74) is 1.40. The van der Waals surface area contributed by atoms with Gasteiger partial charge < -0.3 is 9.47 Å². The number of rotatable bonds is 4. The Labute approximate surface area is 115 Å². The van der Waals surface area contributed by atoms with Gasteiger partial charge in [-0.2, -0.15) is 0 Å². The Morgan fingerprint density at radius 1 is 0.947 bits per heavy atom. The molecule has 1 aliphatic carbocycles. The molecule has 0 aromatic carbocycles. The molecular weight excluding hydrogens is 244 g/mol. The molecule has 0 radical (unpaired) electrons. The van der Waals surface area contributed by atoms with Gasteiger partial charge in [0.1, 0.15) is 0 Å². The Morgan fingerprint density at radius 2 is 1.32 bits per heavy atom. The van der Waals surface area contributed by atoms with Crippen LogP contribution in [0.5, 0.6) is 0 Å².